The number of hydrogen-bond donors (Lipinski definition) is 3. The van der Waals surface area contributed by atoms with Gasteiger partial charge in [-0.15, -0.1) is 0 Å². The maximum Gasteiger partial charge on any atom is 0.223 e. The van der Waals surface area contributed by atoms with Crippen LogP contribution in [-0.4, -0.2) is 96.4 Å². The van der Waals surface area contributed by atoms with Gasteiger partial charge in [0.25, 0.3) is 0 Å². The quantitative estimate of drug-likeness (QED) is 0.299. The van der Waals surface area contributed by atoms with E-state index in [0.717, 1.165) is 32.0 Å². The first kappa shape index (κ1) is 35.0. The second-order valence-electron chi connectivity index (χ2n) is 19.4. The van der Waals surface area contributed by atoms with Gasteiger partial charge in [-0.3, -0.25) is 4.79 Å². The molecule has 0 aromatic rings. The van der Waals surface area contributed by atoms with Gasteiger partial charge in [0, 0.05) is 24.9 Å². The van der Waals surface area contributed by atoms with Gasteiger partial charge >= 0.3 is 0 Å². The van der Waals surface area contributed by atoms with E-state index in [1.165, 1.54) is 38.5 Å². The monoisotopic (exact) mass is 684 g/mol. The van der Waals surface area contributed by atoms with Crippen LogP contribution in [0.25, 0.3) is 0 Å². The molecule has 276 valence electrons. The van der Waals surface area contributed by atoms with Crippen molar-refractivity contribution in [1.29, 1.82) is 0 Å². The first-order valence-electron chi connectivity index (χ1n) is 20.0. The Morgan fingerprint density at radius 2 is 1.80 bits per heavy atom. The molecule has 2 heterocycles. The van der Waals surface area contributed by atoms with Crippen LogP contribution < -0.4 is 5.32 Å². The van der Waals surface area contributed by atoms with Crippen molar-refractivity contribution >= 4 is 12.2 Å². The summed E-state index contributed by atoms with van der Waals surface area (Å²) < 4.78 is 19.8. The molecule has 2 saturated heterocycles. The number of aliphatic hydroxyl groups excluding tert-OH is 2. The van der Waals surface area contributed by atoms with E-state index in [2.05, 4.69) is 39.9 Å². The summed E-state index contributed by atoms with van der Waals surface area (Å²) in [5.41, 5.74) is 0.362. The molecule has 0 aromatic heterocycles. The van der Waals surface area contributed by atoms with Crippen LogP contribution in [0.1, 0.15) is 112 Å². The average Bonchev–Trinajstić information content (AvgIpc) is 3.98. The number of carbonyl (C=O) groups excluding carboxylic acids is 2. The van der Waals surface area contributed by atoms with Crippen LogP contribution in [-0.2, 0) is 23.8 Å². The zero-order valence-corrected chi connectivity index (χ0v) is 31.0. The molecule has 3 N–H and O–H groups in total. The van der Waals surface area contributed by atoms with Gasteiger partial charge in [0.15, 0.2) is 6.29 Å². The molecule has 8 aliphatic rings. The zero-order valence-electron chi connectivity index (χ0n) is 31.0. The molecule has 0 aromatic carbocycles. The van der Waals surface area contributed by atoms with E-state index in [-0.39, 0.29) is 52.2 Å². The van der Waals surface area contributed by atoms with Crippen LogP contribution in [0.2, 0.25) is 0 Å². The van der Waals surface area contributed by atoms with Crippen molar-refractivity contribution in [3.63, 3.8) is 0 Å². The van der Waals surface area contributed by atoms with E-state index in [1.807, 2.05) is 4.90 Å². The Kier molecular flexibility index (Phi) is 8.53. The number of aldehydes is 1. The number of ether oxygens (including phenoxy) is 3. The summed E-state index contributed by atoms with van der Waals surface area (Å²) in [4.78, 5) is 26.4. The Bertz CT molecular complexity index is 1300. The first-order chi connectivity index (χ1) is 23.2. The van der Waals surface area contributed by atoms with Crippen LogP contribution >= 0.6 is 0 Å². The molecule has 2 spiro atoms. The maximum atomic E-state index is 12.9. The minimum absolute atomic E-state index is 0.00332. The van der Waals surface area contributed by atoms with Gasteiger partial charge < -0.3 is 39.4 Å². The van der Waals surface area contributed by atoms with Gasteiger partial charge in [0.1, 0.15) is 6.29 Å². The molecule has 15 atom stereocenters. The van der Waals surface area contributed by atoms with Crippen molar-refractivity contribution in [1.82, 2.24) is 10.2 Å². The summed E-state index contributed by atoms with van der Waals surface area (Å²) in [7, 11) is 0. The van der Waals surface area contributed by atoms with Crippen molar-refractivity contribution in [3.8, 4) is 0 Å². The Morgan fingerprint density at radius 1 is 1.06 bits per heavy atom. The van der Waals surface area contributed by atoms with Gasteiger partial charge in [0.2, 0.25) is 5.91 Å². The number of morpholine rings is 1. The molecule has 0 bridgehead atoms. The van der Waals surface area contributed by atoms with Crippen LogP contribution in [0.3, 0.4) is 0 Å². The molecule has 9 nitrogen and oxygen atoms in total. The Morgan fingerprint density at radius 3 is 2.51 bits per heavy atom. The third kappa shape index (κ3) is 5.04. The van der Waals surface area contributed by atoms with Crippen molar-refractivity contribution in [3.05, 3.63) is 0 Å². The maximum absolute atomic E-state index is 12.9. The van der Waals surface area contributed by atoms with E-state index in [1.54, 1.807) is 6.92 Å². The fraction of sp³-hybridized carbons (Fsp3) is 0.950. The average molecular weight is 685 g/mol. The molecule has 1 amide bonds. The highest BCUT2D eigenvalue weighted by molar-refractivity contribution is 5.76. The number of amides is 1. The van der Waals surface area contributed by atoms with E-state index in [0.29, 0.717) is 67.7 Å². The highest BCUT2D eigenvalue weighted by Gasteiger charge is 2.84. The lowest BCUT2D eigenvalue weighted by Crippen LogP contribution is -2.60. The highest BCUT2D eigenvalue weighted by atomic mass is 16.7. The van der Waals surface area contributed by atoms with Gasteiger partial charge in [-0.05, 0) is 122 Å². The Hall–Kier alpha value is -1.10. The standard InChI is InChI=1S/C40H64N2O7/c1-23-17-26(19-41-27(21-43)24(2)44)48-34-33(23)37(5)13-14-40-22-39(40)12-11-30(36(3,4)28(39)9-10-29(40)38(37,6)35(34)46)49-32-20-42(15-16-47-32)31(45)18-25-7-8-25/h21,23-30,32-35,41,44,46H,7-20,22H2,1-6H3/t23-,24?,26?,27?,28+,29?,30?,32+,33+,34?,35+,37?,38-,39?,40?/m1/s1. The van der Waals surface area contributed by atoms with Crippen molar-refractivity contribution in [2.24, 2.45) is 56.7 Å². The van der Waals surface area contributed by atoms with Crippen LogP contribution in [0, 0.1) is 56.7 Å². The molecule has 6 saturated carbocycles. The predicted octanol–water partition coefficient (Wildman–Crippen LogP) is 4.71. The minimum atomic E-state index is -0.758. The van der Waals surface area contributed by atoms with E-state index < -0.39 is 18.2 Å². The summed E-state index contributed by atoms with van der Waals surface area (Å²) in [5.74, 6) is 2.61. The molecular weight excluding hydrogens is 620 g/mol. The third-order valence-electron chi connectivity index (χ3n) is 16.9. The topological polar surface area (TPSA) is 118 Å². The predicted molar refractivity (Wildman–Crippen MR) is 184 cm³/mol. The summed E-state index contributed by atoms with van der Waals surface area (Å²) in [6, 6.07) is -0.611. The third-order valence-corrected chi connectivity index (χ3v) is 16.9. The molecule has 49 heavy (non-hydrogen) atoms. The van der Waals surface area contributed by atoms with Crippen molar-refractivity contribution < 1.29 is 34.0 Å². The normalized spacial score (nSPS) is 50.9. The second kappa shape index (κ2) is 12.0. The summed E-state index contributed by atoms with van der Waals surface area (Å²) in [6.45, 7) is 16.1. The van der Waals surface area contributed by atoms with Gasteiger partial charge in [-0.25, -0.2) is 0 Å². The van der Waals surface area contributed by atoms with Crippen LogP contribution in [0.15, 0.2) is 0 Å². The lowest BCUT2D eigenvalue weighted by atomic mass is 9.41. The fourth-order valence-electron chi connectivity index (χ4n) is 14.2. The van der Waals surface area contributed by atoms with Gasteiger partial charge in [-0.1, -0.05) is 34.6 Å². The molecule has 8 fully saturated rings. The van der Waals surface area contributed by atoms with E-state index in [9.17, 15) is 19.8 Å². The number of hydrogen-bond acceptors (Lipinski definition) is 8. The summed E-state index contributed by atoms with van der Waals surface area (Å²) >= 11 is 0. The molecular formula is C40H64N2O7. The van der Waals surface area contributed by atoms with Crippen molar-refractivity contribution in [2.75, 3.05) is 26.2 Å². The number of nitrogens with one attached hydrogen (secondary N) is 1. The smallest absolute Gasteiger partial charge is 0.223 e. The fourth-order valence-corrected chi connectivity index (χ4v) is 14.2. The minimum Gasteiger partial charge on any atom is -0.391 e. The van der Waals surface area contributed by atoms with Gasteiger partial charge in [0.05, 0.1) is 49.7 Å². The zero-order chi connectivity index (χ0) is 34.7. The first-order valence-corrected chi connectivity index (χ1v) is 20.0. The van der Waals surface area contributed by atoms with Gasteiger partial charge in [-0.2, -0.15) is 0 Å². The summed E-state index contributed by atoms with van der Waals surface area (Å²) in [6.07, 6.45) is 11.1. The van der Waals surface area contributed by atoms with Crippen LogP contribution in [0.4, 0.5) is 0 Å². The van der Waals surface area contributed by atoms with E-state index >= 15 is 0 Å². The lowest BCUT2D eigenvalue weighted by molar-refractivity contribution is -0.248. The highest BCUT2D eigenvalue weighted by Crippen LogP contribution is 2.89. The van der Waals surface area contributed by atoms with Crippen LogP contribution in [0.5, 0.6) is 0 Å². The number of nitrogens with zero attached hydrogens (tertiary/aromatic N) is 1. The Labute approximate surface area is 293 Å². The largest absolute Gasteiger partial charge is 0.391 e. The Balaban J connectivity index is 0.977. The van der Waals surface area contributed by atoms with Crippen molar-refractivity contribution in [2.45, 2.75) is 155 Å². The molecule has 9 unspecified atom stereocenters. The SMILES string of the molecule is CC(O)C(C=O)NCC1C[C@@H](C)[C@H]2C(O1)[C@H](O)[C@@]1(C)C3CC[C@H]4C(C)(C)C(O[C@H]5CN(C(=O)CC6CC6)CCO5)CCC45CC35CCC21C. The number of carbonyl (C=O) groups is 2. The molecule has 2 aliphatic heterocycles. The number of rotatable bonds is 9. The summed E-state index contributed by atoms with van der Waals surface area (Å²) in [5, 5.41) is 25.7. The second-order valence-corrected chi connectivity index (χ2v) is 19.4. The number of aliphatic hydroxyl groups is 2. The molecule has 0 radical (unpaired) electrons. The molecule has 6 aliphatic carbocycles. The molecule has 8 rings (SSSR count). The van der Waals surface area contributed by atoms with E-state index in [4.69, 9.17) is 14.2 Å². The molecule has 9 heteroatoms. The lowest BCUT2D eigenvalue weighted by Gasteiger charge is -2.64. The number of fused-ring (bicyclic) bond motifs is 4.